The van der Waals surface area contributed by atoms with Crippen molar-refractivity contribution in [3.05, 3.63) is 42.5 Å². The highest BCUT2D eigenvalue weighted by Crippen LogP contribution is 2.31. The first-order valence-electron chi connectivity index (χ1n) is 12.8. The third kappa shape index (κ3) is 6.42. The Morgan fingerprint density at radius 2 is 1.68 bits per heavy atom. The zero-order chi connectivity index (χ0) is 26.4. The fraction of sp³-hybridized carbons (Fsp3) is 0.481. The molecule has 0 atom stereocenters. The van der Waals surface area contributed by atoms with E-state index in [9.17, 15) is 8.42 Å². The highest BCUT2D eigenvalue weighted by Gasteiger charge is 2.25. The molecule has 0 unspecified atom stereocenters. The van der Waals surface area contributed by atoms with E-state index in [1.54, 1.807) is 12.1 Å². The minimum Gasteiger partial charge on any atom is -0.497 e. The first-order chi connectivity index (χ1) is 17.8. The summed E-state index contributed by atoms with van der Waals surface area (Å²) in [5.41, 5.74) is 0.930. The summed E-state index contributed by atoms with van der Waals surface area (Å²) in [7, 11) is 1.29. The number of hydrogen-bond donors (Lipinski definition) is 2. The number of rotatable bonds is 11. The Balaban J connectivity index is 1.31. The maximum atomic E-state index is 13.0. The second-order valence-corrected chi connectivity index (χ2v) is 11.3. The molecule has 1 aliphatic carbocycles. The predicted octanol–water partition coefficient (Wildman–Crippen LogP) is 4.30. The fourth-order valence-electron chi connectivity index (χ4n) is 4.75. The normalized spacial score (nSPS) is 17.9. The minimum atomic E-state index is -3.71. The molecule has 1 saturated carbocycles. The van der Waals surface area contributed by atoms with Crippen LogP contribution in [-0.4, -0.2) is 59.3 Å². The van der Waals surface area contributed by atoms with Crippen LogP contribution in [0.1, 0.15) is 32.6 Å². The van der Waals surface area contributed by atoms with Crippen molar-refractivity contribution in [3.8, 4) is 11.5 Å². The SMILES string of the molecule is CCN(C)c1nc(NCC2CCC(CNS(=O)(=O)c3cc(OC)ccc3OC)CC2)nc2ccccc12. The zero-order valence-electron chi connectivity index (χ0n) is 22.0. The Morgan fingerprint density at radius 3 is 2.35 bits per heavy atom. The summed E-state index contributed by atoms with van der Waals surface area (Å²) >= 11 is 0. The maximum Gasteiger partial charge on any atom is 0.244 e. The van der Waals surface area contributed by atoms with Gasteiger partial charge in [0.15, 0.2) is 0 Å². The summed E-state index contributed by atoms with van der Waals surface area (Å²) in [6, 6.07) is 12.9. The first kappa shape index (κ1) is 26.9. The summed E-state index contributed by atoms with van der Waals surface area (Å²) in [5.74, 6) is 3.14. The number of benzene rings is 2. The number of para-hydroxylation sites is 1. The lowest BCUT2D eigenvalue weighted by Crippen LogP contribution is -2.32. The van der Waals surface area contributed by atoms with Crippen LogP contribution in [0, 0.1) is 11.8 Å². The number of nitrogens with one attached hydrogen (secondary N) is 2. The van der Waals surface area contributed by atoms with Gasteiger partial charge in [-0.1, -0.05) is 12.1 Å². The van der Waals surface area contributed by atoms with Crippen LogP contribution in [0.5, 0.6) is 11.5 Å². The third-order valence-corrected chi connectivity index (χ3v) is 8.60. The van der Waals surface area contributed by atoms with Gasteiger partial charge in [-0.25, -0.2) is 18.1 Å². The molecule has 1 aromatic heterocycles. The Hall–Kier alpha value is -3.11. The summed E-state index contributed by atoms with van der Waals surface area (Å²) in [6.07, 6.45) is 3.98. The van der Waals surface area contributed by atoms with Crippen LogP contribution in [0.3, 0.4) is 0 Å². The Labute approximate surface area is 219 Å². The molecule has 0 radical (unpaired) electrons. The topological polar surface area (TPSA) is 106 Å². The van der Waals surface area contributed by atoms with Gasteiger partial charge in [0.25, 0.3) is 0 Å². The van der Waals surface area contributed by atoms with Crippen molar-refractivity contribution in [1.82, 2.24) is 14.7 Å². The smallest absolute Gasteiger partial charge is 0.244 e. The second kappa shape index (κ2) is 12.0. The minimum absolute atomic E-state index is 0.0932. The van der Waals surface area contributed by atoms with Gasteiger partial charge in [-0.2, -0.15) is 4.98 Å². The molecule has 0 saturated heterocycles. The molecule has 0 amide bonds. The molecule has 9 nitrogen and oxygen atoms in total. The average molecular weight is 528 g/mol. The molecule has 10 heteroatoms. The largest absolute Gasteiger partial charge is 0.497 e. The number of ether oxygens (including phenoxy) is 2. The number of nitrogens with zero attached hydrogens (tertiary/aromatic N) is 3. The lowest BCUT2D eigenvalue weighted by Gasteiger charge is -2.29. The van der Waals surface area contributed by atoms with Crippen LogP contribution in [0.2, 0.25) is 0 Å². The van der Waals surface area contributed by atoms with Crippen LogP contribution in [-0.2, 0) is 10.0 Å². The molecular formula is C27H37N5O4S. The van der Waals surface area contributed by atoms with Gasteiger partial charge < -0.3 is 19.7 Å². The number of aromatic nitrogens is 2. The molecule has 1 heterocycles. The van der Waals surface area contributed by atoms with Crippen LogP contribution in [0.25, 0.3) is 10.9 Å². The van der Waals surface area contributed by atoms with E-state index < -0.39 is 10.0 Å². The van der Waals surface area contributed by atoms with Crippen molar-refractivity contribution in [2.75, 3.05) is 51.1 Å². The van der Waals surface area contributed by atoms with E-state index in [4.69, 9.17) is 19.4 Å². The molecular weight excluding hydrogens is 490 g/mol. The number of fused-ring (bicyclic) bond motifs is 1. The lowest BCUT2D eigenvalue weighted by molar-refractivity contribution is 0.284. The molecule has 0 aliphatic heterocycles. The van der Waals surface area contributed by atoms with E-state index >= 15 is 0 Å². The predicted molar refractivity (Wildman–Crippen MR) is 147 cm³/mol. The number of methoxy groups -OCH3 is 2. The number of anilines is 2. The zero-order valence-corrected chi connectivity index (χ0v) is 22.8. The van der Waals surface area contributed by atoms with Crippen molar-refractivity contribution in [2.45, 2.75) is 37.5 Å². The van der Waals surface area contributed by atoms with Gasteiger partial charge >= 0.3 is 0 Å². The molecule has 2 aromatic carbocycles. The molecule has 4 rings (SSSR count). The van der Waals surface area contributed by atoms with E-state index in [-0.39, 0.29) is 4.90 Å². The van der Waals surface area contributed by atoms with Crippen molar-refractivity contribution in [1.29, 1.82) is 0 Å². The van der Waals surface area contributed by atoms with Crippen LogP contribution in [0.15, 0.2) is 47.4 Å². The Bertz CT molecular complexity index is 1310. The van der Waals surface area contributed by atoms with Gasteiger partial charge in [0.2, 0.25) is 16.0 Å². The summed E-state index contributed by atoms with van der Waals surface area (Å²) in [5, 5.41) is 4.50. The van der Waals surface area contributed by atoms with Gasteiger partial charge in [-0.05, 0) is 68.7 Å². The second-order valence-electron chi connectivity index (χ2n) is 9.54. The van der Waals surface area contributed by atoms with Crippen LogP contribution < -0.4 is 24.4 Å². The van der Waals surface area contributed by atoms with E-state index in [2.05, 4.69) is 27.9 Å². The highest BCUT2D eigenvalue weighted by molar-refractivity contribution is 7.89. The standard InChI is InChI=1S/C27H37N5O4S/c1-5-32(2)26-22-8-6-7-9-23(22)30-27(31-26)28-17-19-10-12-20(13-11-19)18-29-37(33,34)25-16-21(35-3)14-15-24(25)36-4/h6-9,14-16,19-20,29H,5,10-13,17-18H2,1-4H3,(H,28,30,31). The molecule has 1 aliphatic rings. The monoisotopic (exact) mass is 527 g/mol. The fourth-order valence-corrected chi connectivity index (χ4v) is 6.05. The number of sulfonamides is 1. The molecule has 37 heavy (non-hydrogen) atoms. The summed E-state index contributed by atoms with van der Waals surface area (Å²) < 4.78 is 39.2. The Morgan fingerprint density at radius 1 is 0.973 bits per heavy atom. The molecule has 0 bridgehead atoms. The Kier molecular flexibility index (Phi) is 8.71. The molecule has 1 fully saturated rings. The van der Waals surface area contributed by atoms with Crippen molar-refractivity contribution >= 4 is 32.7 Å². The van der Waals surface area contributed by atoms with E-state index in [1.165, 1.54) is 20.3 Å². The van der Waals surface area contributed by atoms with E-state index in [0.29, 0.717) is 35.8 Å². The summed E-state index contributed by atoms with van der Waals surface area (Å²) in [4.78, 5) is 11.7. The van der Waals surface area contributed by atoms with E-state index in [0.717, 1.165) is 55.5 Å². The third-order valence-electron chi connectivity index (χ3n) is 7.16. The van der Waals surface area contributed by atoms with E-state index in [1.807, 2.05) is 25.2 Å². The van der Waals surface area contributed by atoms with Gasteiger partial charge in [0, 0.05) is 38.1 Å². The molecule has 200 valence electrons. The van der Waals surface area contributed by atoms with Gasteiger partial charge in [0.1, 0.15) is 22.2 Å². The maximum absolute atomic E-state index is 13.0. The van der Waals surface area contributed by atoms with Crippen molar-refractivity contribution < 1.29 is 17.9 Å². The van der Waals surface area contributed by atoms with Crippen molar-refractivity contribution in [2.24, 2.45) is 11.8 Å². The number of hydrogen-bond acceptors (Lipinski definition) is 8. The molecule has 0 spiro atoms. The molecule has 2 N–H and O–H groups in total. The highest BCUT2D eigenvalue weighted by atomic mass is 32.2. The average Bonchev–Trinajstić information content (AvgIpc) is 2.94. The van der Waals surface area contributed by atoms with Crippen LogP contribution >= 0.6 is 0 Å². The molecule has 3 aromatic rings. The quantitative estimate of drug-likeness (QED) is 0.380. The first-order valence-corrected chi connectivity index (χ1v) is 14.3. The van der Waals surface area contributed by atoms with Gasteiger partial charge in [-0.3, -0.25) is 0 Å². The van der Waals surface area contributed by atoms with Gasteiger partial charge in [-0.15, -0.1) is 0 Å². The summed E-state index contributed by atoms with van der Waals surface area (Å²) in [6.45, 7) is 4.17. The van der Waals surface area contributed by atoms with Crippen LogP contribution in [0.4, 0.5) is 11.8 Å². The lowest BCUT2D eigenvalue weighted by atomic mass is 9.82. The van der Waals surface area contributed by atoms with Crippen molar-refractivity contribution in [3.63, 3.8) is 0 Å². The van der Waals surface area contributed by atoms with Gasteiger partial charge in [0.05, 0.1) is 19.7 Å².